The minimum absolute atomic E-state index is 0.190. The highest BCUT2D eigenvalue weighted by Crippen LogP contribution is 2.27. The maximum Gasteiger partial charge on any atom is 0.310 e. The lowest BCUT2D eigenvalue weighted by Crippen LogP contribution is -2.10. The van der Waals surface area contributed by atoms with Crippen molar-refractivity contribution in [1.82, 2.24) is 4.98 Å². The van der Waals surface area contributed by atoms with Crippen molar-refractivity contribution in [3.8, 4) is 0 Å². The predicted octanol–water partition coefficient (Wildman–Crippen LogP) is 2.81. The molecule has 0 N–H and O–H groups in total. The molecule has 6 heteroatoms. The number of alkyl halides is 2. The van der Waals surface area contributed by atoms with E-state index in [1.807, 2.05) is 0 Å². The van der Waals surface area contributed by atoms with Gasteiger partial charge in [-0.1, -0.05) is 0 Å². The molecule has 1 heterocycles. The zero-order valence-corrected chi connectivity index (χ0v) is 10.3. The molecule has 0 saturated carbocycles. The number of ether oxygens (including phenoxy) is 1. The number of aromatic nitrogens is 1. The molecule has 0 fully saturated rings. The van der Waals surface area contributed by atoms with E-state index in [1.54, 1.807) is 6.92 Å². The predicted molar refractivity (Wildman–Crippen MR) is 57.4 cm³/mol. The number of carbonyl (C=O) groups excluding carboxylic acids is 1. The van der Waals surface area contributed by atoms with Crippen LogP contribution in [0, 0.1) is 6.92 Å². The van der Waals surface area contributed by atoms with E-state index in [4.69, 9.17) is 0 Å². The molecule has 1 rings (SSSR count). The largest absolute Gasteiger partial charge is 0.469 e. The highest BCUT2D eigenvalue weighted by Gasteiger charge is 2.19. The Morgan fingerprint density at radius 1 is 1.62 bits per heavy atom. The molecular formula is C10H10BrF2NO2. The van der Waals surface area contributed by atoms with E-state index in [0.29, 0.717) is 10.3 Å². The molecule has 0 saturated heterocycles. The summed E-state index contributed by atoms with van der Waals surface area (Å²) in [5.41, 5.74) is 0.435. The van der Waals surface area contributed by atoms with Crippen molar-refractivity contribution >= 4 is 21.9 Å². The number of hydrogen-bond acceptors (Lipinski definition) is 3. The molecule has 0 radical (unpaired) electrons. The number of aryl methyl sites for hydroxylation is 1. The number of nitrogens with zero attached hydrogens (tertiary/aromatic N) is 1. The topological polar surface area (TPSA) is 39.2 Å². The van der Waals surface area contributed by atoms with Gasteiger partial charge in [-0.3, -0.25) is 4.79 Å². The molecule has 0 spiro atoms. The van der Waals surface area contributed by atoms with Crippen LogP contribution in [0.4, 0.5) is 8.78 Å². The van der Waals surface area contributed by atoms with Gasteiger partial charge in [-0.25, -0.2) is 13.8 Å². The Hall–Kier alpha value is -1.04. The van der Waals surface area contributed by atoms with Gasteiger partial charge in [0.1, 0.15) is 4.60 Å². The molecule has 0 bridgehead atoms. The number of pyridine rings is 1. The molecule has 3 nitrogen and oxygen atoms in total. The summed E-state index contributed by atoms with van der Waals surface area (Å²) in [6.45, 7) is 1.58. The van der Waals surface area contributed by atoms with E-state index in [2.05, 4.69) is 25.7 Å². The third-order valence-electron chi connectivity index (χ3n) is 2.12. The average molecular weight is 294 g/mol. The second kappa shape index (κ2) is 5.34. The van der Waals surface area contributed by atoms with Crippen LogP contribution in [-0.4, -0.2) is 18.1 Å². The summed E-state index contributed by atoms with van der Waals surface area (Å²) >= 11 is 3.04. The third kappa shape index (κ3) is 2.98. The first kappa shape index (κ1) is 13.0. The minimum atomic E-state index is -2.64. The van der Waals surface area contributed by atoms with Crippen LogP contribution >= 0.6 is 15.9 Å². The van der Waals surface area contributed by atoms with E-state index >= 15 is 0 Å². The van der Waals surface area contributed by atoms with Crippen molar-refractivity contribution in [3.63, 3.8) is 0 Å². The third-order valence-corrected chi connectivity index (χ3v) is 2.52. The standard InChI is InChI=1S/C10H10BrF2NO2/c1-5-6(4-9(15)16-2)7(10(12)13)3-8(11)14-5/h3,10H,4H2,1-2H3. The Bertz CT molecular complexity index is 410. The van der Waals surface area contributed by atoms with Crippen LogP contribution in [0.25, 0.3) is 0 Å². The van der Waals surface area contributed by atoms with Gasteiger partial charge in [0.25, 0.3) is 6.43 Å². The molecule has 0 unspecified atom stereocenters. The average Bonchev–Trinajstić information content (AvgIpc) is 2.20. The Morgan fingerprint density at radius 3 is 2.75 bits per heavy atom. The van der Waals surface area contributed by atoms with Crippen molar-refractivity contribution in [2.75, 3.05) is 7.11 Å². The van der Waals surface area contributed by atoms with E-state index in [9.17, 15) is 13.6 Å². The number of halogens is 3. The van der Waals surface area contributed by atoms with Gasteiger partial charge in [0, 0.05) is 11.3 Å². The summed E-state index contributed by atoms with van der Waals surface area (Å²) in [5.74, 6) is -0.561. The van der Waals surface area contributed by atoms with Crippen LogP contribution in [0.2, 0.25) is 0 Å². The zero-order valence-electron chi connectivity index (χ0n) is 8.76. The number of rotatable bonds is 3. The van der Waals surface area contributed by atoms with E-state index in [1.165, 1.54) is 13.2 Å². The molecular weight excluding hydrogens is 284 g/mol. The fraction of sp³-hybridized carbons (Fsp3) is 0.400. The van der Waals surface area contributed by atoms with Gasteiger partial charge in [-0.2, -0.15) is 0 Å². The van der Waals surface area contributed by atoms with Crippen molar-refractivity contribution in [2.24, 2.45) is 0 Å². The van der Waals surface area contributed by atoms with Crippen molar-refractivity contribution in [3.05, 3.63) is 27.5 Å². The van der Waals surface area contributed by atoms with Gasteiger partial charge >= 0.3 is 5.97 Å². The number of esters is 1. The van der Waals surface area contributed by atoms with Gasteiger partial charge < -0.3 is 4.74 Å². The Labute approximate surface area is 99.9 Å². The molecule has 0 atom stereocenters. The molecule has 0 amide bonds. The molecule has 0 aromatic carbocycles. The Morgan fingerprint density at radius 2 is 2.25 bits per heavy atom. The van der Waals surface area contributed by atoms with Gasteiger partial charge in [-0.05, 0) is 34.5 Å². The molecule has 0 aliphatic rings. The summed E-state index contributed by atoms with van der Waals surface area (Å²) in [6, 6.07) is 1.22. The van der Waals surface area contributed by atoms with Gasteiger partial charge in [-0.15, -0.1) is 0 Å². The van der Waals surface area contributed by atoms with Crippen LogP contribution < -0.4 is 0 Å². The van der Waals surface area contributed by atoms with Crippen LogP contribution in [0.5, 0.6) is 0 Å². The fourth-order valence-corrected chi connectivity index (χ4v) is 1.84. The maximum atomic E-state index is 12.7. The summed E-state index contributed by atoms with van der Waals surface area (Å²) in [7, 11) is 1.21. The van der Waals surface area contributed by atoms with Crippen LogP contribution in [0.3, 0.4) is 0 Å². The first-order valence-corrected chi connectivity index (χ1v) is 5.26. The Kier molecular flexibility index (Phi) is 4.35. The van der Waals surface area contributed by atoms with Crippen molar-refractivity contribution in [2.45, 2.75) is 19.8 Å². The van der Waals surface area contributed by atoms with E-state index in [0.717, 1.165) is 0 Å². The highest BCUT2D eigenvalue weighted by atomic mass is 79.9. The normalized spacial score (nSPS) is 10.6. The second-order valence-electron chi connectivity index (χ2n) is 3.15. The molecule has 16 heavy (non-hydrogen) atoms. The fourth-order valence-electron chi connectivity index (χ4n) is 1.33. The van der Waals surface area contributed by atoms with Crippen LogP contribution in [0.1, 0.15) is 23.2 Å². The van der Waals surface area contributed by atoms with Gasteiger partial charge in [0.05, 0.1) is 13.5 Å². The lowest BCUT2D eigenvalue weighted by atomic mass is 10.0. The smallest absolute Gasteiger partial charge is 0.310 e. The van der Waals surface area contributed by atoms with E-state index < -0.39 is 12.4 Å². The lowest BCUT2D eigenvalue weighted by molar-refractivity contribution is -0.139. The lowest BCUT2D eigenvalue weighted by Gasteiger charge is -2.11. The maximum absolute atomic E-state index is 12.7. The summed E-state index contributed by atoms with van der Waals surface area (Å²) in [6.07, 6.45) is -2.83. The number of methoxy groups -OCH3 is 1. The summed E-state index contributed by atoms with van der Waals surface area (Å²) < 4.78 is 30.3. The number of hydrogen-bond donors (Lipinski definition) is 0. The van der Waals surface area contributed by atoms with Crippen molar-refractivity contribution in [1.29, 1.82) is 0 Å². The first-order valence-electron chi connectivity index (χ1n) is 4.46. The quantitative estimate of drug-likeness (QED) is 0.635. The molecule has 1 aromatic heterocycles. The SMILES string of the molecule is COC(=O)Cc1c(C(F)F)cc(Br)nc1C. The van der Waals surface area contributed by atoms with Gasteiger partial charge in [0.2, 0.25) is 0 Å². The van der Waals surface area contributed by atoms with Crippen LogP contribution in [-0.2, 0) is 16.0 Å². The highest BCUT2D eigenvalue weighted by molar-refractivity contribution is 9.10. The molecule has 0 aliphatic heterocycles. The van der Waals surface area contributed by atoms with Crippen molar-refractivity contribution < 1.29 is 18.3 Å². The Balaban J connectivity index is 3.19. The monoisotopic (exact) mass is 293 g/mol. The molecule has 1 aromatic rings. The van der Waals surface area contributed by atoms with Gasteiger partial charge in [0.15, 0.2) is 0 Å². The van der Waals surface area contributed by atoms with Crippen LogP contribution in [0.15, 0.2) is 10.7 Å². The molecule has 0 aliphatic carbocycles. The summed E-state index contributed by atoms with van der Waals surface area (Å²) in [4.78, 5) is 15.1. The summed E-state index contributed by atoms with van der Waals surface area (Å²) in [5, 5.41) is 0. The zero-order chi connectivity index (χ0) is 12.3. The first-order chi connectivity index (χ1) is 7.45. The second-order valence-corrected chi connectivity index (χ2v) is 3.96. The number of carbonyl (C=O) groups is 1. The minimum Gasteiger partial charge on any atom is -0.469 e. The van der Waals surface area contributed by atoms with E-state index in [-0.39, 0.29) is 17.5 Å². The molecule has 88 valence electrons.